The Hall–Kier alpha value is -1.63. The highest BCUT2D eigenvalue weighted by atomic mass is 16.1. The molecular weight excluding hydrogens is 172 g/mol. The molecule has 14 heavy (non-hydrogen) atoms. The lowest BCUT2D eigenvalue weighted by molar-refractivity contribution is -0.104. The lowest BCUT2D eigenvalue weighted by Crippen LogP contribution is -1.56. The zero-order valence-electron chi connectivity index (χ0n) is 8.47. The maximum atomic E-state index is 9.88. The van der Waals surface area contributed by atoms with Crippen LogP contribution in [0.3, 0.4) is 0 Å². The van der Waals surface area contributed by atoms with E-state index < -0.39 is 0 Å². The Labute approximate surface area is 85.8 Å². The standard InChI is InChI=1S/C13H16O/c1-2-3-4-5-6-7-8-9-10-11-12-13-14/h3-13H,2H2,1H3/b4-3+,6-5+,8-7+,10-9+,12-11+. The van der Waals surface area contributed by atoms with Crippen LogP contribution >= 0.6 is 0 Å². The van der Waals surface area contributed by atoms with Crippen LogP contribution in [0.1, 0.15) is 13.3 Å². The van der Waals surface area contributed by atoms with Crippen LogP contribution in [0.2, 0.25) is 0 Å². The van der Waals surface area contributed by atoms with E-state index in [0.29, 0.717) is 0 Å². The number of carbonyl (C=O) groups is 1. The Morgan fingerprint density at radius 1 is 0.714 bits per heavy atom. The predicted octanol–water partition coefficient (Wildman–Crippen LogP) is 3.38. The third-order valence-corrected chi connectivity index (χ3v) is 1.34. The summed E-state index contributed by atoms with van der Waals surface area (Å²) in [6, 6.07) is 0. The average Bonchev–Trinajstić information content (AvgIpc) is 2.21. The topological polar surface area (TPSA) is 17.1 Å². The van der Waals surface area contributed by atoms with Crippen molar-refractivity contribution in [2.24, 2.45) is 0 Å². The fraction of sp³-hybridized carbons (Fsp3) is 0.154. The van der Waals surface area contributed by atoms with Gasteiger partial charge in [-0.05, 0) is 12.5 Å². The molecule has 0 saturated carbocycles. The van der Waals surface area contributed by atoms with Crippen LogP contribution in [0.15, 0.2) is 60.8 Å². The first-order valence-electron chi connectivity index (χ1n) is 4.68. The molecule has 0 N–H and O–H groups in total. The highest BCUT2D eigenvalue weighted by Crippen LogP contribution is 1.84. The molecule has 0 radical (unpaired) electrons. The third kappa shape index (κ3) is 10.4. The number of rotatable bonds is 6. The summed E-state index contributed by atoms with van der Waals surface area (Å²) >= 11 is 0. The fourth-order valence-corrected chi connectivity index (χ4v) is 0.709. The van der Waals surface area contributed by atoms with Crippen molar-refractivity contribution in [2.75, 3.05) is 0 Å². The van der Waals surface area contributed by atoms with Crippen molar-refractivity contribution < 1.29 is 4.79 Å². The largest absolute Gasteiger partial charge is 0.299 e. The van der Waals surface area contributed by atoms with Crippen LogP contribution < -0.4 is 0 Å². The van der Waals surface area contributed by atoms with E-state index in [1.54, 1.807) is 12.2 Å². The number of hydrogen-bond acceptors (Lipinski definition) is 1. The Bertz CT molecular complexity index is 265. The Kier molecular flexibility index (Phi) is 10.0. The van der Waals surface area contributed by atoms with Crippen LogP contribution in [-0.2, 0) is 4.79 Å². The van der Waals surface area contributed by atoms with E-state index in [4.69, 9.17) is 0 Å². The normalized spacial score (nSPS) is 13.2. The monoisotopic (exact) mass is 188 g/mol. The molecule has 74 valence electrons. The molecule has 0 bridgehead atoms. The fourth-order valence-electron chi connectivity index (χ4n) is 0.709. The van der Waals surface area contributed by atoms with Crippen LogP contribution in [0.25, 0.3) is 0 Å². The second-order valence-corrected chi connectivity index (χ2v) is 2.51. The molecule has 0 aliphatic heterocycles. The van der Waals surface area contributed by atoms with Gasteiger partial charge in [-0.2, -0.15) is 0 Å². The summed E-state index contributed by atoms with van der Waals surface area (Å²) in [4.78, 5) is 9.88. The van der Waals surface area contributed by atoms with Gasteiger partial charge < -0.3 is 0 Å². The average molecular weight is 188 g/mol. The van der Waals surface area contributed by atoms with Crippen LogP contribution in [0, 0.1) is 0 Å². The quantitative estimate of drug-likeness (QED) is 0.355. The van der Waals surface area contributed by atoms with Gasteiger partial charge in [0.05, 0.1) is 0 Å². The van der Waals surface area contributed by atoms with E-state index in [9.17, 15) is 4.79 Å². The van der Waals surface area contributed by atoms with Gasteiger partial charge in [-0.1, -0.05) is 61.6 Å². The van der Waals surface area contributed by atoms with Gasteiger partial charge in [0.2, 0.25) is 0 Å². The molecule has 0 aromatic heterocycles. The van der Waals surface area contributed by atoms with Crippen molar-refractivity contribution in [3.63, 3.8) is 0 Å². The highest BCUT2D eigenvalue weighted by Gasteiger charge is 1.64. The van der Waals surface area contributed by atoms with Crippen LogP contribution in [0.5, 0.6) is 0 Å². The first-order chi connectivity index (χ1) is 6.91. The van der Waals surface area contributed by atoms with Crippen molar-refractivity contribution in [3.05, 3.63) is 60.8 Å². The van der Waals surface area contributed by atoms with Crippen molar-refractivity contribution >= 4 is 6.29 Å². The Morgan fingerprint density at radius 2 is 1.14 bits per heavy atom. The maximum Gasteiger partial charge on any atom is 0.142 e. The van der Waals surface area contributed by atoms with E-state index in [1.807, 2.05) is 36.5 Å². The SMILES string of the molecule is CC/C=C/C=C/C=C/C=C/C=C/C=O. The molecule has 0 aliphatic rings. The molecule has 0 heterocycles. The van der Waals surface area contributed by atoms with E-state index in [1.165, 1.54) is 6.08 Å². The Morgan fingerprint density at radius 3 is 1.57 bits per heavy atom. The van der Waals surface area contributed by atoms with Gasteiger partial charge in [0.25, 0.3) is 0 Å². The molecule has 0 atom stereocenters. The molecule has 1 heteroatoms. The number of aldehydes is 1. The summed E-state index contributed by atoms with van der Waals surface area (Å²) in [5, 5.41) is 0. The molecule has 0 amide bonds. The first-order valence-corrected chi connectivity index (χ1v) is 4.68. The van der Waals surface area contributed by atoms with Crippen molar-refractivity contribution in [1.82, 2.24) is 0 Å². The highest BCUT2D eigenvalue weighted by molar-refractivity contribution is 5.65. The van der Waals surface area contributed by atoms with E-state index in [0.717, 1.165) is 12.7 Å². The van der Waals surface area contributed by atoms with Crippen molar-refractivity contribution in [1.29, 1.82) is 0 Å². The summed E-state index contributed by atoms with van der Waals surface area (Å²) < 4.78 is 0. The molecule has 0 fully saturated rings. The van der Waals surface area contributed by atoms with Gasteiger partial charge in [0, 0.05) is 0 Å². The Balaban J connectivity index is 3.67. The van der Waals surface area contributed by atoms with E-state index in [2.05, 4.69) is 13.0 Å². The third-order valence-electron chi connectivity index (χ3n) is 1.34. The van der Waals surface area contributed by atoms with Gasteiger partial charge in [0.1, 0.15) is 6.29 Å². The molecule has 0 saturated heterocycles. The molecule has 1 nitrogen and oxygen atoms in total. The molecule has 0 aliphatic carbocycles. The second-order valence-electron chi connectivity index (χ2n) is 2.51. The van der Waals surface area contributed by atoms with Gasteiger partial charge in [-0.3, -0.25) is 4.79 Å². The summed E-state index contributed by atoms with van der Waals surface area (Å²) in [6.07, 6.45) is 20.5. The van der Waals surface area contributed by atoms with Crippen molar-refractivity contribution in [3.8, 4) is 0 Å². The number of hydrogen-bond donors (Lipinski definition) is 0. The van der Waals surface area contributed by atoms with E-state index in [-0.39, 0.29) is 0 Å². The zero-order chi connectivity index (χ0) is 10.5. The minimum absolute atomic E-state index is 0.753. The van der Waals surface area contributed by atoms with Gasteiger partial charge in [-0.15, -0.1) is 0 Å². The second kappa shape index (κ2) is 11.4. The maximum absolute atomic E-state index is 9.88. The van der Waals surface area contributed by atoms with Crippen LogP contribution in [-0.4, -0.2) is 6.29 Å². The zero-order valence-corrected chi connectivity index (χ0v) is 8.47. The summed E-state index contributed by atoms with van der Waals surface area (Å²) in [5.74, 6) is 0. The van der Waals surface area contributed by atoms with E-state index >= 15 is 0 Å². The molecule has 0 unspecified atom stereocenters. The number of carbonyl (C=O) groups excluding carboxylic acids is 1. The lowest BCUT2D eigenvalue weighted by atomic mass is 10.3. The predicted molar refractivity (Wildman–Crippen MR) is 62.1 cm³/mol. The van der Waals surface area contributed by atoms with Gasteiger partial charge in [-0.25, -0.2) is 0 Å². The summed E-state index contributed by atoms with van der Waals surface area (Å²) in [5.41, 5.74) is 0. The van der Waals surface area contributed by atoms with Crippen molar-refractivity contribution in [2.45, 2.75) is 13.3 Å². The smallest absolute Gasteiger partial charge is 0.142 e. The molecule has 0 aromatic carbocycles. The summed E-state index contributed by atoms with van der Waals surface area (Å²) in [6.45, 7) is 2.10. The molecule has 0 spiro atoms. The minimum Gasteiger partial charge on any atom is -0.299 e. The minimum atomic E-state index is 0.753. The molecular formula is C13H16O. The molecule has 0 rings (SSSR count). The molecule has 0 aromatic rings. The summed E-state index contributed by atoms with van der Waals surface area (Å²) in [7, 11) is 0. The number of allylic oxidation sites excluding steroid dienone is 10. The first kappa shape index (κ1) is 12.4. The lowest BCUT2D eigenvalue weighted by Gasteiger charge is -1.74. The van der Waals surface area contributed by atoms with Gasteiger partial charge >= 0.3 is 0 Å². The van der Waals surface area contributed by atoms with Crippen LogP contribution in [0.4, 0.5) is 0 Å². The van der Waals surface area contributed by atoms with Gasteiger partial charge in [0.15, 0.2) is 0 Å².